The van der Waals surface area contributed by atoms with Crippen LogP contribution in [0.15, 0.2) is 57.8 Å². The summed E-state index contributed by atoms with van der Waals surface area (Å²) in [4.78, 5) is 23.9. The van der Waals surface area contributed by atoms with Gasteiger partial charge in [0.25, 0.3) is 5.91 Å². The number of nitrogens with one attached hydrogen (secondary N) is 1. The van der Waals surface area contributed by atoms with E-state index in [1.54, 1.807) is 31.2 Å². The number of para-hydroxylation sites is 1. The fourth-order valence-electron chi connectivity index (χ4n) is 2.47. The van der Waals surface area contributed by atoms with Gasteiger partial charge in [0.15, 0.2) is 6.61 Å². The Morgan fingerprint density at radius 3 is 2.59 bits per heavy atom. The first-order valence-corrected chi connectivity index (χ1v) is 9.38. The number of esters is 1. The van der Waals surface area contributed by atoms with Crippen molar-refractivity contribution in [1.29, 1.82) is 0 Å². The Kier molecular flexibility index (Phi) is 4.98. The lowest BCUT2D eigenvalue weighted by atomic mass is 10.2. The molecule has 0 spiro atoms. The predicted octanol–water partition coefficient (Wildman–Crippen LogP) is 2.18. The highest BCUT2D eigenvalue weighted by Gasteiger charge is 2.16. The Morgan fingerprint density at radius 2 is 1.89 bits per heavy atom. The molecule has 3 N–H and O–H groups in total. The van der Waals surface area contributed by atoms with Gasteiger partial charge in [0.2, 0.25) is 15.8 Å². The van der Waals surface area contributed by atoms with E-state index >= 15 is 0 Å². The zero-order valence-corrected chi connectivity index (χ0v) is 15.1. The molecule has 2 aromatic carbocycles. The van der Waals surface area contributed by atoms with Crippen molar-refractivity contribution in [1.82, 2.24) is 0 Å². The van der Waals surface area contributed by atoms with E-state index in [4.69, 9.17) is 14.3 Å². The molecule has 0 fully saturated rings. The molecule has 8 nitrogen and oxygen atoms in total. The molecule has 0 aliphatic rings. The van der Waals surface area contributed by atoms with Gasteiger partial charge in [0, 0.05) is 11.1 Å². The maximum atomic E-state index is 12.0. The second-order valence-electron chi connectivity index (χ2n) is 5.80. The van der Waals surface area contributed by atoms with Crippen LogP contribution in [0.4, 0.5) is 5.69 Å². The minimum absolute atomic E-state index is 0.0177. The average Bonchev–Trinajstić information content (AvgIpc) is 3.04. The molecular weight excluding hydrogens is 372 g/mol. The summed E-state index contributed by atoms with van der Waals surface area (Å²) in [5, 5.41) is 8.32. The van der Waals surface area contributed by atoms with Crippen LogP contribution in [0.5, 0.6) is 0 Å². The molecule has 9 heteroatoms. The van der Waals surface area contributed by atoms with E-state index in [1.807, 2.05) is 0 Å². The predicted molar refractivity (Wildman–Crippen MR) is 97.7 cm³/mol. The van der Waals surface area contributed by atoms with Gasteiger partial charge in [-0.05, 0) is 36.8 Å². The summed E-state index contributed by atoms with van der Waals surface area (Å²) in [5.74, 6) is -1.44. The number of sulfonamides is 1. The van der Waals surface area contributed by atoms with E-state index < -0.39 is 28.5 Å². The van der Waals surface area contributed by atoms with Crippen molar-refractivity contribution >= 4 is 38.6 Å². The molecular formula is C18H16N2O6S. The van der Waals surface area contributed by atoms with Crippen molar-refractivity contribution < 1.29 is 27.2 Å². The third kappa shape index (κ3) is 4.33. The lowest BCUT2D eigenvalue weighted by Gasteiger charge is -2.09. The minimum atomic E-state index is -3.92. The standard InChI is InChI=1S/C18H16N2O6S/c1-11-6-7-13(9-16(11)27(19,23)24)20-17(21)10-25-18(22)15-8-12-4-2-3-5-14(12)26-15/h2-9H,10H2,1H3,(H,20,21)(H2,19,23,24). The van der Waals surface area contributed by atoms with Gasteiger partial charge >= 0.3 is 5.97 Å². The van der Waals surface area contributed by atoms with Crippen LogP contribution >= 0.6 is 0 Å². The maximum Gasteiger partial charge on any atom is 0.374 e. The molecule has 0 atom stereocenters. The molecule has 0 unspecified atom stereocenters. The smallest absolute Gasteiger partial charge is 0.374 e. The summed E-state index contributed by atoms with van der Waals surface area (Å²) in [6, 6.07) is 12.8. The van der Waals surface area contributed by atoms with Crippen molar-refractivity contribution in [3.63, 3.8) is 0 Å². The van der Waals surface area contributed by atoms with E-state index in [0.29, 0.717) is 11.1 Å². The zero-order valence-electron chi connectivity index (χ0n) is 14.3. The highest BCUT2D eigenvalue weighted by molar-refractivity contribution is 7.89. The van der Waals surface area contributed by atoms with Gasteiger partial charge in [-0.25, -0.2) is 18.4 Å². The van der Waals surface area contributed by atoms with Crippen molar-refractivity contribution in [2.75, 3.05) is 11.9 Å². The van der Waals surface area contributed by atoms with Gasteiger partial charge in [0.1, 0.15) is 5.58 Å². The number of ether oxygens (including phenoxy) is 1. The number of aryl methyl sites for hydroxylation is 1. The SMILES string of the molecule is Cc1ccc(NC(=O)COC(=O)c2cc3ccccc3o2)cc1S(N)(=O)=O. The number of amides is 1. The highest BCUT2D eigenvalue weighted by Crippen LogP contribution is 2.20. The molecule has 0 saturated carbocycles. The van der Waals surface area contributed by atoms with Gasteiger partial charge in [-0.2, -0.15) is 0 Å². The van der Waals surface area contributed by atoms with Crippen LogP contribution in [0.2, 0.25) is 0 Å². The molecule has 0 aliphatic carbocycles. The average molecular weight is 388 g/mol. The first kappa shape index (κ1) is 18.6. The summed E-state index contributed by atoms with van der Waals surface area (Å²) in [7, 11) is -3.92. The van der Waals surface area contributed by atoms with E-state index in [0.717, 1.165) is 5.39 Å². The second-order valence-corrected chi connectivity index (χ2v) is 7.33. The number of primary sulfonamides is 1. The van der Waals surface area contributed by atoms with Crippen molar-refractivity contribution in [2.24, 2.45) is 5.14 Å². The first-order valence-electron chi connectivity index (χ1n) is 7.83. The normalized spacial score (nSPS) is 11.3. The topological polar surface area (TPSA) is 129 Å². The molecule has 0 bridgehead atoms. The Morgan fingerprint density at radius 1 is 1.15 bits per heavy atom. The number of carbonyl (C=O) groups excluding carboxylic acids is 2. The highest BCUT2D eigenvalue weighted by atomic mass is 32.2. The van der Waals surface area contributed by atoms with Crippen LogP contribution in [0.25, 0.3) is 11.0 Å². The number of anilines is 1. The summed E-state index contributed by atoms with van der Waals surface area (Å²) in [6.45, 7) is 1.02. The van der Waals surface area contributed by atoms with E-state index in [2.05, 4.69) is 5.32 Å². The number of rotatable bonds is 5. The van der Waals surface area contributed by atoms with Gasteiger partial charge < -0.3 is 14.5 Å². The van der Waals surface area contributed by atoms with Crippen molar-refractivity contribution in [3.8, 4) is 0 Å². The number of benzene rings is 2. The van der Waals surface area contributed by atoms with Crippen LogP contribution < -0.4 is 10.5 Å². The molecule has 27 heavy (non-hydrogen) atoms. The zero-order chi connectivity index (χ0) is 19.6. The summed E-state index contributed by atoms with van der Waals surface area (Å²) in [6.07, 6.45) is 0. The van der Waals surface area contributed by atoms with Gasteiger partial charge in [-0.15, -0.1) is 0 Å². The summed E-state index contributed by atoms with van der Waals surface area (Å²) >= 11 is 0. The van der Waals surface area contributed by atoms with Crippen molar-refractivity contribution in [3.05, 3.63) is 59.9 Å². The van der Waals surface area contributed by atoms with E-state index in [-0.39, 0.29) is 16.3 Å². The number of furan rings is 1. The van der Waals surface area contributed by atoms with E-state index in [1.165, 1.54) is 24.3 Å². The number of fused-ring (bicyclic) bond motifs is 1. The summed E-state index contributed by atoms with van der Waals surface area (Å²) in [5.41, 5.74) is 1.20. The molecule has 0 radical (unpaired) electrons. The third-order valence-electron chi connectivity index (χ3n) is 3.74. The third-order valence-corrected chi connectivity index (χ3v) is 4.79. The Bertz CT molecular complexity index is 1100. The lowest BCUT2D eigenvalue weighted by Crippen LogP contribution is -2.21. The van der Waals surface area contributed by atoms with E-state index in [9.17, 15) is 18.0 Å². The molecule has 1 aromatic heterocycles. The molecule has 140 valence electrons. The van der Waals surface area contributed by atoms with Crippen LogP contribution in [0, 0.1) is 6.92 Å². The molecule has 1 amide bonds. The lowest BCUT2D eigenvalue weighted by molar-refractivity contribution is -0.119. The Labute approximate surface area is 155 Å². The number of hydrogen-bond donors (Lipinski definition) is 2. The number of hydrogen-bond acceptors (Lipinski definition) is 6. The fraction of sp³-hybridized carbons (Fsp3) is 0.111. The van der Waals surface area contributed by atoms with Gasteiger partial charge in [0.05, 0.1) is 4.90 Å². The first-order chi connectivity index (χ1) is 12.7. The number of carbonyl (C=O) groups is 2. The molecule has 0 aliphatic heterocycles. The second kappa shape index (κ2) is 7.22. The van der Waals surface area contributed by atoms with Crippen LogP contribution in [-0.2, 0) is 19.6 Å². The molecule has 1 heterocycles. The van der Waals surface area contributed by atoms with Gasteiger partial charge in [-0.1, -0.05) is 24.3 Å². The van der Waals surface area contributed by atoms with Gasteiger partial charge in [-0.3, -0.25) is 4.79 Å². The van der Waals surface area contributed by atoms with Crippen LogP contribution in [-0.4, -0.2) is 26.9 Å². The summed E-state index contributed by atoms with van der Waals surface area (Å²) < 4.78 is 33.3. The minimum Gasteiger partial charge on any atom is -0.450 e. The van der Waals surface area contributed by atoms with Crippen LogP contribution in [0.1, 0.15) is 16.1 Å². The molecule has 0 saturated heterocycles. The fourth-order valence-corrected chi connectivity index (χ4v) is 3.27. The molecule has 3 rings (SSSR count). The Hall–Kier alpha value is -3.17. The maximum absolute atomic E-state index is 12.0. The molecule has 3 aromatic rings. The quantitative estimate of drug-likeness (QED) is 0.645. The number of nitrogens with two attached hydrogens (primary N) is 1. The largest absolute Gasteiger partial charge is 0.450 e. The monoisotopic (exact) mass is 388 g/mol. The van der Waals surface area contributed by atoms with Crippen LogP contribution in [0.3, 0.4) is 0 Å². The Balaban J connectivity index is 1.63. The van der Waals surface area contributed by atoms with Crippen molar-refractivity contribution in [2.45, 2.75) is 11.8 Å².